The number of hydrogen-bond acceptors (Lipinski definition) is 3. The minimum atomic E-state index is 0.309. The van der Waals surface area contributed by atoms with Crippen LogP contribution in [-0.4, -0.2) is 23.5 Å². The molecule has 0 amide bonds. The Labute approximate surface area is 111 Å². The number of nitrogens with zero attached hydrogens (tertiary/aromatic N) is 1. The predicted molar refractivity (Wildman–Crippen MR) is 76.9 cm³/mol. The van der Waals surface area contributed by atoms with Crippen LogP contribution in [-0.2, 0) is 0 Å². The number of likely N-dealkylation sites (tertiary alicyclic amines) is 1. The molecule has 2 aromatic rings. The van der Waals surface area contributed by atoms with Crippen molar-refractivity contribution in [3.05, 3.63) is 35.2 Å². The van der Waals surface area contributed by atoms with Crippen LogP contribution >= 0.6 is 11.3 Å². The molecule has 1 aromatic heterocycles. The molecule has 1 aromatic carbocycles. The summed E-state index contributed by atoms with van der Waals surface area (Å²) in [5, 5.41) is 3.74. The SMILES string of the molecule is NC1CCN(C2CC2)C1c1csc2ccccc12. The Hall–Kier alpha value is -0.900. The fourth-order valence-corrected chi connectivity index (χ4v) is 4.28. The topological polar surface area (TPSA) is 29.3 Å². The third-order valence-corrected chi connectivity index (χ3v) is 5.31. The van der Waals surface area contributed by atoms with Gasteiger partial charge >= 0.3 is 0 Å². The molecule has 18 heavy (non-hydrogen) atoms. The summed E-state index contributed by atoms with van der Waals surface area (Å²) >= 11 is 1.85. The van der Waals surface area contributed by atoms with E-state index in [0.29, 0.717) is 12.1 Å². The number of rotatable bonds is 2. The number of benzene rings is 1. The second-order valence-corrected chi connectivity index (χ2v) is 6.46. The normalized spacial score (nSPS) is 29.2. The highest BCUT2D eigenvalue weighted by Gasteiger charge is 2.41. The molecule has 2 aliphatic rings. The summed E-state index contributed by atoms with van der Waals surface area (Å²) in [6.07, 6.45) is 3.88. The average Bonchev–Trinajstić information content (AvgIpc) is 3.04. The Morgan fingerprint density at radius 1 is 1.17 bits per heavy atom. The molecule has 2 atom stereocenters. The molecule has 3 heteroatoms. The molecular weight excluding hydrogens is 240 g/mol. The summed E-state index contributed by atoms with van der Waals surface area (Å²) in [5.74, 6) is 0. The fourth-order valence-electron chi connectivity index (χ4n) is 3.29. The fraction of sp³-hybridized carbons (Fsp3) is 0.467. The van der Waals surface area contributed by atoms with E-state index in [4.69, 9.17) is 5.73 Å². The van der Waals surface area contributed by atoms with Gasteiger partial charge in [-0.25, -0.2) is 0 Å². The van der Waals surface area contributed by atoms with E-state index in [-0.39, 0.29) is 0 Å². The minimum Gasteiger partial charge on any atom is -0.326 e. The molecule has 0 radical (unpaired) electrons. The summed E-state index contributed by atoms with van der Waals surface area (Å²) in [6, 6.07) is 10.3. The lowest BCUT2D eigenvalue weighted by Gasteiger charge is -2.26. The standard InChI is InChI=1S/C15H18N2S/c16-13-7-8-17(10-5-6-10)15(13)12-9-18-14-4-2-1-3-11(12)14/h1-4,9-10,13,15H,5-8,16H2. The summed E-state index contributed by atoms with van der Waals surface area (Å²) < 4.78 is 1.39. The molecule has 0 spiro atoms. The summed E-state index contributed by atoms with van der Waals surface area (Å²) in [6.45, 7) is 1.18. The first-order valence-electron chi connectivity index (χ1n) is 6.82. The van der Waals surface area contributed by atoms with Crippen LogP contribution < -0.4 is 5.73 Å². The van der Waals surface area contributed by atoms with Crippen molar-refractivity contribution in [1.82, 2.24) is 4.90 Å². The summed E-state index contributed by atoms with van der Waals surface area (Å²) in [5.41, 5.74) is 7.85. The molecule has 0 bridgehead atoms. The van der Waals surface area contributed by atoms with Gasteiger partial charge in [0.25, 0.3) is 0 Å². The van der Waals surface area contributed by atoms with Gasteiger partial charge < -0.3 is 5.73 Å². The Morgan fingerprint density at radius 3 is 2.83 bits per heavy atom. The first kappa shape index (κ1) is 11.0. The maximum atomic E-state index is 6.38. The van der Waals surface area contributed by atoms with Gasteiger partial charge in [-0.3, -0.25) is 4.90 Å². The van der Waals surface area contributed by atoms with Gasteiger partial charge in [-0.1, -0.05) is 18.2 Å². The van der Waals surface area contributed by atoms with Gasteiger partial charge in [-0.15, -0.1) is 11.3 Å². The molecule has 1 saturated carbocycles. The van der Waals surface area contributed by atoms with Crippen molar-refractivity contribution >= 4 is 21.4 Å². The molecule has 2 fully saturated rings. The lowest BCUT2D eigenvalue weighted by atomic mass is 10.00. The van der Waals surface area contributed by atoms with Crippen molar-refractivity contribution in [2.75, 3.05) is 6.54 Å². The van der Waals surface area contributed by atoms with Gasteiger partial charge in [0.15, 0.2) is 0 Å². The van der Waals surface area contributed by atoms with Crippen molar-refractivity contribution < 1.29 is 0 Å². The number of thiophene rings is 1. The monoisotopic (exact) mass is 258 g/mol. The predicted octanol–water partition coefficient (Wildman–Crippen LogP) is 3.14. The lowest BCUT2D eigenvalue weighted by molar-refractivity contribution is 0.239. The molecule has 1 aliphatic heterocycles. The largest absolute Gasteiger partial charge is 0.326 e. The van der Waals surface area contributed by atoms with Crippen LogP contribution in [0, 0.1) is 0 Å². The van der Waals surface area contributed by atoms with Crippen LogP contribution in [0.25, 0.3) is 10.1 Å². The lowest BCUT2D eigenvalue weighted by Crippen LogP contribution is -2.32. The molecule has 2 unspecified atom stereocenters. The van der Waals surface area contributed by atoms with Crippen LogP contribution in [0.3, 0.4) is 0 Å². The molecule has 2 nitrogen and oxygen atoms in total. The second-order valence-electron chi connectivity index (χ2n) is 5.55. The Bertz CT molecular complexity index is 573. The first-order chi connectivity index (χ1) is 8.84. The van der Waals surface area contributed by atoms with Crippen LogP contribution in [0.4, 0.5) is 0 Å². The maximum Gasteiger partial charge on any atom is 0.0516 e. The van der Waals surface area contributed by atoms with Gasteiger partial charge in [0, 0.05) is 23.3 Å². The zero-order valence-electron chi connectivity index (χ0n) is 10.4. The van der Waals surface area contributed by atoms with Crippen molar-refractivity contribution in [2.24, 2.45) is 5.73 Å². The quantitative estimate of drug-likeness (QED) is 0.896. The highest BCUT2D eigenvalue weighted by molar-refractivity contribution is 7.17. The van der Waals surface area contributed by atoms with E-state index in [1.165, 1.54) is 35.0 Å². The first-order valence-corrected chi connectivity index (χ1v) is 7.70. The zero-order valence-corrected chi connectivity index (χ0v) is 11.2. The van der Waals surface area contributed by atoms with Gasteiger partial charge in [-0.2, -0.15) is 0 Å². The van der Waals surface area contributed by atoms with Crippen molar-refractivity contribution in [3.8, 4) is 0 Å². The molecule has 94 valence electrons. The van der Waals surface area contributed by atoms with Crippen LogP contribution in [0.5, 0.6) is 0 Å². The van der Waals surface area contributed by atoms with E-state index in [2.05, 4.69) is 34.5 Å². The van der Waals surface area contributed by atoms with Gasteiger partial charge in [-0.05, 0) is 41.7 Å². The molecule has 1 aliphatic carbocycles. The van der Waals surface area contributed by atoms with Gasteiger partial charge in [0.1, 0.15) is 0 Å². The van der Waals surface area contributed by atoms with Gasteiger partial charge in [0.2, 0.25) is 0 Å². The van der Waals surface area contributed by atoms with Crippen molar-refractivity contribution in [1.29, 1.82) is 0 Å². The Balaban J connectivity index is 1.80. The summed E-state index contributed by atoms with van der Waals surface area (Å²) in [4.78, 5) is 2.65. The molecule has 2 heterocycles. The number of fused-ring (bicyclic) bond motifs is 1. The highest BCUT2D eigenvalue weighted by Crippen LogP contribution is 2.43. The third-order valence-electron chi connectivity index (χ3n) is 4.33. The second kappa shape index (κ2) is 4.05. The third kappa shape index (κ3) is 1.62. The van der Waals surface area contributed by atoms with E-state index in [1.807, 2.05) is 11.3 Å². The van der Waals surface area contributed by atoms with Gasteiger partial charge in [0.05, 0.1) is 6.04 Å². The van der Waals surface area contributed by atoms with E-state index < -0.39 is 0 Å². The van der Waals surface area contributed by atoms with E-state index in [9.17, 15) is 0 Å². The Morgan fingerprint density at radius 2 is 2.00 bits per heavy atom. The van der Waals surface area contributed by atoms with Crippen molar-refractivity contribution in [3.63, 3.8) is 0 Å². The molecule has 2 N–H and O–H groups in total. The van der Waals surface area contributed by atoms with E-state index >= 15 is 0 Å². The van der Waals surface area contributed by atoms with E-state index in [1.54, 1.807) is 0 Å². The van der Waals surface area contributed by atoms with Crippen molar-refractivity contribution in [2.45, 2.75) is 37.4 Å². The van der Waals surface area contributed by atoms with Crippen LogP contribution in [0.2, 0.25) is 0 Å². The maximum absolute atomic E-state index is 6.38. The smallest absolute Gasteiger partial charge is 0.0516 e. The molecule has 4 rings (SSSR count). The minimum absolute atomic E-state index is 0.309. The summed E-state index contributed by atoms with van der Waals surface area (Å²) in [7, 11) is 0. The zero-order chi connectivity index (χ0) is 12.1. The number of nitrogens with two attached hydrogens (primary N) is 1. The highest BCUT2D eigenvalue weighted by atomic mass is 32.1. The van der Waals surface area contributed by atoms with Crippen LogP contribution in [0.1, 0.15) is 30.9 Å². The molecule has 1 saturated heterocycles. The molecular formula is C15H18N2S. The number of hydrogen-bond donors (Lipinski definition) is 1. The van der Waals surface area contributed by atoms with Crippen LogP contribution in [0.15, 0.2) is 29.6 Å². The van der Waals surface area contributed by atoms with E-state index in [0.717, 1.165) is 12.5 Å². The Kier molecular flexibility index (Phi) is 2.47. The average molecular weight is 258 g/mol.